The summed E-state index contributed by atoms with van der Waals surface area (Å²) in [5.74, 6) is 0.508. The Balaban J connectivity index is 1.85. The van der Waals surface area contributed by atoms with Crippen LogP contribution >= 0.6 is 15.9 Å². The van der Waals surface area contributed by atoms with Gasteiger partial charge in [-0.3, -0.25) is 4.79 Å². The van der Waals surface area contributed by atoms with E-state index in [0.717, 1.165) is 0 Å². The van der Waals surface area contributed by atoms with Crippen molar-refractivity contribution in [3.05, 3.63) is 52.9 Å². The van der Waals surface area contributed by atoms with E-state index in [9.17, 15) is 13.2 Å². The largest absolute Gasteiger partial charge is 0.467 e. The zero-order valence-electron chi connectivity index (χ0n) is 12.5. The Kier molecular flexibility index (Phi) is 5.97. The molecule has 6 nitrogen and oxygen atoms in total. The van der Waals surface area contributed by atoms with Gasteiger partial charge in [0.15, 0.2) is 0 Å². The number of carbonyl (C=O) groups excluding carboxylic acids is 1. The van der Waals surface area contributed by atoms with Crippen molar-refractivity contribution >= 4 is 31.9 Å². The average molecular weight is 401 g/mol. The maximum atomic E-state index is 12.1. The molecule has 0 atom stereocenters. The fraction of sp³-hybridized carbons (Fsp3) is 0.267. The van der Waals surface area contributed by atoms with Crippen LogP contribution in [0.2, 0.25) is 0 Å². The highest BCUT2D eigenvalue weighted by Crippen LogP contribution is 2.15. The maximum absolute atomic E-state index is 12.1. The summed E-state index contributed by atoms with van der Waals surface area (Å²) in [6.07, 6.45) is 1.62. The highest BCUT2D eigenvalue weighted by atomic mass is 79.9. The summed E-state index contributed by atoms with van der Waals surface area (Å²) in [7, 11) is -1.98. The molecule has 0 aliphatic carbocycles. The molecule has 1 heterocycles. The standard InChI is InChI=1S/C15H17BrN2O4S/c1-18(11-13-5-3-9-22-13)15(19)7-8-17-23(20,21)14-6-2-4-12(16)10-14/h2-6,9-10,17H,7-8,11H2,1H3. The number of hydrogen-bond acceptors (Lipinski definition) is 4. The van der Waals surface area contributed by atoms with Gasteiger partial charge in [0.05, 0.1) is 17.7 Å². The van der Waals surface area contributed by atoms with Crippen molar-refractivity contribution in [2.45, 2.75) is 17.9 Å². The maximum Gasteiger partial charge on any atom is 0.240 e. The van der Waals surface area contributed by atoms with E-state index in [1.165, 1.54) is 17.0 Å². The summed E-state index contributed by atoms with van der Waals surface area (Å²) in [4.78, 5) is 13.6. The number of benzene rings is 1. The molecule has 1 N–H and O–H groups in total. The van der Waals surface area contributed by atoms with Crippen molar-refractivity contribution in [2.24, 2.45) is 0 Å². The minimum atomic E-state index is -3.62. The summed E-state index contributed by atoms with van der Waals surface area (Å²) in [5, 5.41) is 0. The predicted molar refractivity (Wildman–Crippen MR) is 89.1 cm³/mol. The van der Waals surface area contributed by atoms with E-state index in [2.05, 4.69) is 20.7 Å². The molecule has 0 unspecified atom stereocenters. The smallest absolute Gasteiger partial charge is 0.240 e. The first kappa shape index (κ1) is 17.7. The Morgan fingerprint density at radius 1 is 1.30 bits per heavy atom. The van der Waals surface area contributed by atoms with Crippen LogP contribution in [0.4, 0.5) is 0 Å². The minimum Gasteiger partial charge on any atom is -0.467 e. The average Bonchev–Trinajstić information content (AvgIpc) is 3.00. The summed E-state index contributed by atoms with van der Waals surface area (Å²) >= 11 is 3.23. The lowest BCUT2D eigenvalue weighted by Crippen LogP contribution is -2.31. The van der Waals surface area contributed by atoms with Crippen molar-refractivity contribution in [3.63, 3.8) is 0 Å². The normalized spacial score (nSPS) is 11.4. The monoisotopic (exact) mass is 400 g/mol. The lowest BCUT2D eigenvalue weighted by atomic mass is 10.3. The molecule has 0 bridgehead atoms. The van der Waals surface area contributed by atoms with Gasteiger partial charge in [-0.2, -0.15) is 0 Å². The number of hydrogen-bond donors (Lipinski definition) is 1. The van der Waals surface area contributed by atoms with Gasteiger partial charge in [0.2, 0.25) is 15.9 Å². The molecule has 2 aromatic rings. The summed E-state index contributed by atoms with van der Waals surface area (Å²) in [6.45, 7) is 0.389. The highest BCUT2D eigenvalue weighted by Gasteiger charge is 2.16. The van der Waals surface area contributed by atoms with Crippen LogP contribution in [0.15, 0.2) is 56.4 Å². The topological polar surface area (TPSA) is 79.6 Å². The van der Waals surface area contributed by atoms with Crippen LogP contribution in [0.1, 0.15) is 12.2 Å². The molecule has 0 fully saturated rings. The molecule has 0 saturated carbocycles. The van der Waals surface area contributed by atoms with Crippen LogP contribution in [0.5, 0.6) is 0 Å². The van der Waals surface area contributed by atoms with E-state index < -0.39 is 10.0 Å². The van der Waals surface area contributed by atoms with Crippen LogP contribution in [-0.2, 0) is 21.4 Å². The van der Waals surface area contributed by atoms with E-state index in [1.807, 2.05) is 0 Å². The molecule has 0 aliphatic heterocycles. The number of amides is 1. The zero-order valence-corrected chi connectivity index (χ0v) is 14.9. The molecule has 0 saturated heterocycles. The lowest BCUT2D eigenvalue weighted by molar-refractivity contribution is -0.130. The molecule has 124 valence electrons. The van der Waals surface area contributed by atoms with Gasteiger partial charge in [-0.1, -0.05) is 22.0 Å². The Labute approximate surface area is 143 Å². The van der Waals surface area contributed by atoms with Crippen LogP contribution in [0.3, 0.4) is 0 Å². The Bertz CT molecular complexity index is 760. The lowest BCUT2D eigenvalue weighted by Gasteiger charge is -2.16. The molecular weight excluding hydrogens is 384 g/mol. The number of nitrogens with one attached hydrogen (secondary N) is 1. The third-order valence-electron chi connectivity index (χ3n) is 3.14. The molecular formula is C15H17BrN2O4S. The zero-order chi connectivity index (χ0) is 16.9. The molecule has 0 aliphatic rings. The quantitative estimate of drug-likeness (QED) is 0.773. The number of rotatable bonds is 7. The van der Waals surface area contributed by atoms with Crippen LogP contribution in [0, 0.1) is 0 Å². The highest BCUT2D eigenvalue weighted by molar-refractivity contribution is 9.10. The summed E-state index contributed by atoms with van der Waals surface area (Å²) in [5.41, 5.74) is 0. The molecule has 1 amide bonds. The number of furan rings is 1. The SMILES string of the molecule is CN(Cc1ccco1)C(=O)CCNS(=O)(=O)c1cccc(Br)c1. The second-order valence-electron chi connectivity index (χ2n) is 4.93. The fourth-order valence-corrected chi connectivity index (χ4v) is 3.55. The molecule has 1 aromatic carbocycles. The van der Waals surface area contributed by atoms with E-state index in [1.54, 1.807) is 37.6 Å². The number of sulfonamides is 1. The van der Waals surface area contributed by atoms with Gasteiger partial charge in [-0.25, -0.2) is 13.1 Å². The first-order chi connectivity index (χ1) is 10.9. The van der Waals surface area contributed by atoms with E-state index >= 15 is 0 Å². The Morgan fingerprint density at radius 2 is 2.09 bits per heavy atom. The second kappa shape index (κ2) is 7.76. The van der Waals surface area contributed by atoms with Crippen LogP contribution in [0.25, 0.3) is 0 Å². The van der Waals surface area contributed by atoms with Gasteiger partial charge >= 0.3 is 0 Å². The molecule has 0 spiro atoms. The summed E-state index contributed by atoms with van der Waals surface area (Å²) in [6, 6.07) is 9.91. The van der Waals surface area contributed by atoms with Crippen molar-refractivity contribution in [3.8, 4) is 0 Å². The van der Waals surface area contributed by atoms with Gasteiger partial charge in [0.25, 0.3) is 0 Å². The first-order valence-corrected chi connectivity index (χ1v) is 9.18. The Hall–Kier alpha value is -1.64. The van der Waals surface area contributed by atoms with Gasteiger partial charge in [0.1, 0.15) is 5.76 Å². The van der Waals surface area contributed by atoms with Gasteiger partial charge in [-0.05, 0) is 30.3 Å². The number of nitrogens with zero attached hydrogens (tertiary/aromatic N) is 1. The van der Waals surface area contributed by atoms with E-state index in [0.29, 0.717) is 16.8 Å². The van der Waals surface area contributed by atoms with Crippen molar-refractivity contribution in [1.82, 2.24) is 9.62 Å². The van der Waals surface area contributed by atoms with Gasteiger partial charge in [0, 0.05) is 24.5 Å². The van der Waals surface area contributed by atoms with Crippen molar-refractivity contribution in [2.75, 3.05) is 13.6 Å². The molecule has 23 heavy (non-hydrogen) atoms. The van der Waals surface area contributed by atoms with E-state index in [-0.39, 0.29) is 23.8 Å². The second-order valence-corrected chi connectivity index (χ2v) is 7.62. The predicted octanol–water partition coefficient (Wildman–Crippen LogP) is 2.37. The third-order valence-corrected chi connectivity index (χ3v) is 5.09. The summed E-state index contributed by atoms with van der Waals surface area (Å²) < 4.78 is 32.5. The number of halogens is 1. The van der Waals surface area contributed by atoms with Crippen molar-refractivity contribution < 1.29 is 17.6 Å². The van der Waals surface area contributed by atoms with Crippen molar-refractivity contribution in [1.29, 1.82) is 0 Å². The minimum absolute atomic E-state index is 0.0379. The van der Waals surface area contributed by atoms with Gasteiger partial charge in [-0.15, -0.1) is 0 Å². The van der Waals surface area contributed by atoms with Gasteiger partial charge < -0.3 is 9.32 Å². The third kappa shape index (κ3) is 5.19. The molecule has 0 radical (unpaired) electrons. The van der Waals surface area contributed by atoms with Crippen LogP contribution in [-0.4, -0.2) is 32.8 Å². The Morgan fingerprint density at radius 3 is 2.74 bits per heavy atom. The fourth-order valence-electron chi connectivity index (χ4n) is 1.93. The molecule has 2 rings (SSSR count). The number of carbonyl (C=O) groups is 1. The van der Waals surface area contributed by atoms with Crippen LogP contribution < -0.4 is 4.72 Å². The molecule has 8 heteroatoms. The first-order valence-electron chi connectivity index (χ1n) is 6.90. The van der Waals surface area contributed by atoms with E-state index in [4.69, 9.17) is 4.42 Å². The molecule has 1 aromatic heterocycles.